The summed E-state index contributed by atoms with van der Waals surface area (Å²) in [6.45, 7) is 0.0701. The van der Waals surface area contributed by atoms with Crippen LogP contribution in [0.25, 0.3) is 0 Å². The lowest BCUT2D eigenvalue weighted by molar-refractivity contribution is -0.146. The fourth-order valence-corrected chi connectivity index (χ4v) is 2.65. The van der Waals surface area contributed by atoms with Gasteiger partial charge in [0.2, 0.25) is 0 Å². The van der Waals surface area contributed by atoms with Gasteiger partial charge in [-0.1, -0.05) is 18.2 Å². The molecule has 1 saturated carbocycles. The lowest BCUT2D eigenvalue weighted by Gasteiger charge is -2.29. The first-order chi connectivity index (χ1) is 10.6. The highest BCUT2D eigenvalue weighted by Gasteiger charge is 2.41. The van der Waals surface area contributed by atoms with E-state index in [1.165, 1.54) is 7.11 Å². The van der Waals surface area contributed by atoms with Crippen LogP contribution in [-0.4, -0.2) is 36.6 Å². The van der Waals surface area contributed by atoms with Crippen molar-refractivity contribution in [3.8, 4) is 0 Å². The van der Waals surface area contributed by atoms with Gasteiger partial charge in [0.25, 0.3) is 5.91 Å². The number of hydrogen-bond donors (Lipinski definition) is 0. The molecule has 2 amide bonds. The van der Waals surface area contributed by atoms with Crippen LogP contribution in [0.5, 0.6) is 0 Å². The highest BCUT2D eigenvalue weighted by Crippen LogP contribution is 2.39. The molecule has 1 saturated heterocycles. The molecule has 0 aromatic heterocycles. The predicted molar refractivity (Wildman–Crippen MR) is 75.7 cm³/mol. The maximum atomic E-state index is 12.5. The smallest absolute Gasteiger partial charge is 0.421 e. The van der Waals surface area contributed by atoms with Gasteiger partial charge in [-0.2, -0.15) is 0 Å². The van der Waals surface area contributed by atoms with Crippen molar-refractivity contribution < 1.29 is 23.9 Å². The van der Waals surface area contributed by atoms with Crippen molar-refractivity contribution in [2.75, 3.05) is 13.7 Å². The van der Waals surface area contributed by atoms with Crippen LogP contribution < -0.4 is 0 Å². The summed E-state index contributed by atoms with van der Waals surface area (Å²) in [5.41, 5.74) is 1.87. The molecule has 114 valence electrons. The predicted octanol–water partition coefficient (Wildman–Crippen LogP) is 2.12. The minimum absolute atomic E-state index is 0.0701. The van der Waals surface area contributed by atoms with Crippen LogP contribution in [0.1, 0.15) is 23.2 Å². The Morgan fingerprint density at radius 2 is 1.91 bits per heavy atom. The second kappa shape index (κ2) is 5.63. The van der Waals surface area contributed by atoms with Gasteiger partial charge in [-0.3, -0.25) is 9.59 Å². The second-order valence-corrected chi connectivity index (χ2v) is 5.24. The molecule has 1 aromatic carbocycles. The number of methoxy groups -OCH3 is 1. The van der Waals surface area contributed by atoms with E-state index in [0.717, 1.165) is 10.5 Å². The molecule has 1 aliphatic carbocycles. The van der Waals surface area contributed by atoms with Gasteiger partial charge in [-0.05, 0) is 30.5 Å². The summed E-state index contributed by atoms with van der Waals surface area (Å²) in [5, 5.41) is 0. The Kier molecular flexibility index (Phi) is 3.66. The fourth-order valence-electron chi connectivity index (χ4n) is 2.65. The molecular weight excluding hydrogens is 286 g/mol. The number of esters is 1. The molecule has 22 heavy (non-hydrogen) atoms. The van der Waals surface area contributed by atoms with Crippen LogP contribution in [0.3, 0.4) is 0 Å². The summed E-state index contributed by atoms with van der Waals surface area (Å²) in [6.07, 6.45) is 0.326. The van der Waals surface area contributed by atoms with Gasteiger partial charge >= 0.3 is 12.1 Å². The third kappa shape index (κ3) is 2.36. The number of carbonyl (C=O) groups is 3. The lowest BCUT2D eigenvalue weighted by atomic mass is 9.79. The van der Waals surface area contributed by atoms with E-state index >= 15 is 0 Å². The third-order valence-corrected chi connectivity index (χ3v) is 3.94. The monoisotopic (exact) mass is 301 g/mol. The van der Waals surface area contributed by atoms with E-state index in [1.807, 2.05) is 0 Å². The average molecular weight is 301 g/mol. The molecule has 2 aliphatic rings. The number of imide groups is 1. The molecule has 3 rings (SSSR count). The topological polar surface area (TPSA) is 72.9 Å². The fraction of sp³-hybridized carbons (Fsp3) is 0.312. The first-order valence-corrected chi connectivity index (χ1v) is 6.96. The highest BCUT2D eigenvalue weighted by molar-refractivity contribution is 6.05. The molecule has 2 fully saturated rings. The van der Waals surface area contributed by atoms with Gasteiger partial charge in [0.1, 0.15) is 6.61 Å². The van der Waals surface area contributed by atoms with Gasteiger partial charge in [-0.25, -0.2) is 9.69 Å². The zero-order chi connectivity index (χ0) is 15.7. The van der Waals surface area contributed by atoms with Gasteiger partial charge < -0.3 is 9.47 Å². The Morgan fingerprint density at radius 1 is 1.23 bits per heavy atom. The number of cyclic esters (lactones) is 1. The summed E-state index contributed by atoms with van der Waals surface area (Å²) in [4.78, 5) is 36.9. The normalized spacial score (nSPS) is 20.5. The number of allylic oxidation sites excluding steroid dienone is 1. The Bertz CT molecular complexity index is 656. The van der Waals surface area contributed by atoms with E-state index in [2.05, 4.69) is 4.74 Å². The maximum Gasteiger partial charge on any atom is 0.421 e. The van der Waals surface area contributed by atoms with Crippen LogP contribution in [0.15, 0.2) is 41.6 Å². The molecule has 0 atom stereocenters. The summed E-state index contributed by atoms with van der Waals surface area (Å²) < 4.78 is 9.68. The van der Waals surface area contributed by atoms with Crippen LogP contribution in [0, 0.1) is 5.92 Å². The zero-order valence-corrected chi connectivity index (χ0v) is 12.1. The van der Waals surface area contributed by atoms with Crippen molar-refractivity contribution in [2.45, 2.75) is 12.8 Å². The van der Waals surface area contributed by atoms with Crippen molar-refractivity contribution in [1.82, 2.24) is 4.90 Å². The molecule has 0 radical (unpaired) electrons. The summed E-state index contributed by atoms with van der Waals surface area (Å²) in [6, 6.07) is 8.56. The van der Waals surface area contributed by atoms with Gasteiger partial charge in [0.05, 0.1) is 18.7 Å². The molecular formula is C16H15NO5. The molecule has 6 heteroatoms. The van der Waals surface area contributed by atoms with Crippen molar-refractivity contribution in [3.05, 3.63) is 47.2 Å². The zero-order valence-electron chi connectivity index (χ0n) is 12.1. The third-order valence-electron chi connectivity index (χ3n) is 3.94. The van der Waals surface area contributed by atoms with Crippen LogP contribution >= 0.6 is 0 Å². The Hall–Kier alpha value is -2.63. The maximum absolute atomic E-state index is 12.5. The number of rotatable bonds is 2. The first kappa shape index (κ1) is 14.3. The Morgan fingerprint density at radius 3 is 2.55 bits per heavy atom. The SMILES string of the molecule is COC(=O)C1CC(=C2COC(=O)N2C(=O)c2ccccc2)C1. The molecule has 0 spiro atoms. The molecule has 1 aliphatic heterocycles. The van der Waals surface area contributed by atoms with Gasteiger partial charge in [-0.15, -0.1) is 0 Å². The minimum Gasteiger partial charge on any atom is -0.469 e. The summed E-state index contributed by atoms with van der Waals surface area (Å²) in [5.74, 6) is -0.875. The standard InChI is InChI=1S/C16H15NO5/c1-21-15(19)12-7-11(8-12)13-9-22-16(20)17(13)14(18)10-5-3-2-4-6-10/h2-6,12H,7-9H2,1H3. The van der Waals surface area contributed by atoms with Crippen LogP contribution in [-0.2, 0) is 14.3 Å². The number of ether oxygens (including phenoxy) is 2. The van der Waals surface area contributed by atoms with E-state index < -0.39 is 12.0 Å². The first-order valence-electron chi connectivity index (χ1n) is 6.96. The van der Waals surface area contributed by atoms with Gasteiger partial charge in [0, 0.05) is 5.56 Å². The van der Waals surface area contributed by atoms with Crippen molar-refractivity contribution in [2.24, 2.45) is 5.92 Å². The largest absolute Gasteiger partial charge is 0.469 e. The molecule has 0 N–H and O–H groups in total. The number of carbonyl (C=O) groups excluding carboxylic acids is 3. The molecule has 6 nitrogen and oxygen atoms in total. The number of nitrogens with zero attached hydrogens (tertiary/aromatic N) is 1. The van der Waals surface area contributed by atoms with E-state index in [1.54, 1.807) is 30.3 Å². The summed E-state index contributed by atoms with van der Waals surface area (Å²) in [7, 11) is 1.35. The van der Waals surface area contributed by atoms with Gasteiger partial charge in [0.15, 0.2) is 0 Å². The number of hydrogen-bond acceptors (Lipinski definition) is 5. The van der Waals surface area contributed by atoms with Crippen LogP contribution in [0.4, 0.5) is 4.79 Å². The molecule has 1 aromatic rings. The Balaban J connectivity index is 1.82. The lowest BCUT2D eigenvalue weighted by Crippen LogP contribution is -2.34. The van der Waals surface area contributed by atoms with Crippen molar-refractivity contribution >= 4 is 18.0 Å². The number of benzene rings is 1. The Labute approximate surface area is 127 Å². The van der Waals surface area contributed by atoms with Crippen molar-refractivity contribution in [3.63, 3.8) is 0 Å². The second-order valence-electron chi connectivity index (χ2n) is 5.24. The highest BCUT2D eigenvalue weighted by atomic mass is 16.6. The van der Waals surface area contributed by atoms with E-state index in [9.17, 15) is 14.4 Å². The minimum atomic E-state index is -0.669. The van der Waals surface area contributed by atoms with Crippen LogP contribution in [0.2, 0.25) is 0 Å². The van der Waals surface area contributed by atoms with Crippen molar-refractivity contribution in [1.29, 1.82) is 0 Å². The number of amides is 2. The molecule has 1 heterocycles. The van der Waals surface area contributed by atoms with E-state index in [4.69, 9.17) is 4.74 Å². The summed E-state index contributed by atoms with van der Waals surface area (Å²) >= 11 is 0. The quantitative estimate of drug-likeness (QED) is 0.782. The van der Waals surface area contributed by atoms with E-state index in [0.29, 0.717) is 24.1 Å². The average Bonchev–Trinajstić information content (AvgIpc) is 2.87. The van der Waals surface area contributed by atoms with E-state index in [-0.39, 0.29) is 18.5 Å². The molecule has 0 bridgehead atoms. The molecule has 0 unspecified atom stereocenters.